The Hall–Kier alpha value is -2.10. The SMILES string of the molecule is CC(=O)c1ccc2oc3c(c2c1)CCC(C(=O)O)C3. The summed E-state index contributed by atoms with van der Waals surface area (Å²) >= 11 is 0. The fraction of sp³-hybridized carbons (Fsp3) is 0.333. The van der Waals surface area contributed by atoms with Crippen LogP contribution in [-0.4, -0.2) is 16.9 Å². The summed E-state index contributed by atoms with van der Waals surface area (Å²) in [6.07, 6.45) is 1.76. The van der Waals surface area contributed by atoms with E-state index in [9.17, 15) is 9.59 Å². The average molecular weight is 258 g/mol. The van der Waals surface area contributed by atoms with E-state index in [4.69, 9.17) is 9.52 Å². The van der Waals surface area contributed by atoms with Crippen LogP contribution in [0.4, 0.5) is 0 Å². The largest absolute Gasteiger partial charge is 0.481 e. The van der Waals surface area contributed by atoms with Crippen LogP contribution in [0.3, 0.4) is 0 Å². The monoisotopic (exact) mass is 258 g/mol. The molecule has 1 atom stereocenters. The number of aliphatic carboxylic acids is 1. The van der Waals surface area contributed by atoms with E-state index < -0.39 is 5.97 Å². The molecule has 1 aliphatic rings. The molecule has 19 heavy (non-hydrogen) atoms. The summed E-state index contributed by atoms with van der Waals surface area (Å²) < 4.78 is 5.73. The van der Waals surface area contributed by atoms with Gasteiger partial charge in [-0.3, -0.25) is 9.59 Å². The van der Waals surface area contributed by atoms with Crippen LogP contribution < -0.4 is 0 Å². The lowest BCUT2D eigenvalue weighted by Crippen LogP contribution is -2.21. The van der Waals surface area contributed by atoms with E-state index in [0.717, 1.165) is 22.3 Å². The fourth-order valence-electron chi connectivity index (χ4n) is 2.71. The summed E-state index contributed by atoms with van der Waals surface area (Å²) in [5, 5.41) is 10.0. The third kappa shape index (κ3) is 1.93. The number of benzene rings is 1. The van der Waals surface area contributed by atoms with Crippen molar-refractivity contribution in [2.24, 2.45) is 5.92 Å². The quantitative estimate of drug-likeness (QED) is 0.841. The molecule has 1 unspecified atom stereocenters. The van der Waals surface area contributed by atoms with Crippen LogP contribution in [0.2, 0.25) is 0 Å². The van der Waals surface area contributed by atoms with Crippen molar-refractivity contribution in [1.82, 2.24) is 0 Å². The Morgan fingerprint density at radius 2 is 2.16 bits per heavy atom. The lowest BCUT2D eigenvalue weighted by atomic mass is 9.87. The molecule has 0 fully saturated rings. The molecule has 1 aromatic carbocycles. The first-order chi connectivity index (χ1) is 9.06. The molecule has 0 saturated heterocycles. The van der Waals surface area contributed by atoms with Gasteiger partial charge in [0.15, 0.2) is 5.78 Å². The lowest BCUT2D eigenvalue weighted by Gasteiger charge is -2.16. The van der Waals surface area contributed by atoms with Crippen molar-refractivity contribution in [3.63, 3.8) is 0 Å². The van der Waals surface area contributed by atoms with Gasteiger partial charge in [0, 0.05) is 22.9 Å². The molecular weight excluding hydrogens is 244 g/mol. The van der Waals surface area contributed by atoms with Gasteiger partial charge in [0.05, 0.1) is 5.92 Å². The second kappa shape index (κ2) is 4.23. The Bertz CT molecular complexity index is 681. The van der Waals surface area contributed by atoms with Gasteiger partial charge in [-0.1, -0.05) is 0 Å². The van der Waals surface area contributed by atoms with Crippen molar-refractivity contribution in [3.8, 4) is 0 Å². The number of hydrogen-bond acceptors (Lipinski definition) is 3. The zero-order valence-corrected chi connectivity index (χ0v) is 10.6. The van der Waals surface area contributed by atoms with Crippen molar-refractivity contribution < 1.29 is 19.1 Å². The van der Waals surface area contributed by atoms with Crippen molar-refractivity contribution in [3.05, 3.63) is 35.1 Å². The van der Waals surface area contributed by atoms with Gasteiger partial charge in [-0.05, 0) is 38.0 Å². The predicted molar refractivity (Wildman–Crippen MR) is 69.4 cm³/mol. The number of carboxylic acid groups (broad SMARTS) is 1. The minimum Gasteiger partial charge on any atom is -0.481 e. The van der Waals surface area contributed by atoms with E-state index in [1.165, 1.54) is 6.92 Å². The Morgan fingerprint density at radius 3 is 2.84 bits per heavy atom. The maximum absolute atomic E-state index is 11.4. The van der Waals surface area contributed by atoms with Crippen LogP contribution in [0, 0.1) is 5.92 Å². The molecule has 0 spiro atoms. The Labute approximate surface area is 110 Å². The van der Waals surface area contributed by atoms with E-state index in [2.05, 4.69) is 0 Å². The van der Waals surface area contributed by atoms with Gasteiger partial charge in [0.1, 0.15) is 11.3 Å². The highest BCUT2D eigenvalue weighted by Gasteiger charge is 2.28. The van der Waals surface area contributed by atoms with Gasteiger partial charge < -0.3 is 9.52 Å². The Kier molecular flexibility index (Phi) is 2.66. The normalized spacial score (nSPS) is 18.3. The van der Waals surface area contributed by atoms with Gasteiger partial charge in [-0.25, -0.2) is 0 Å². The molecule has 1 heterocycles. The van der Waals surface area contributed by atoms with Gasteiger partial charge in [-0.2, -0.15) is 0 Å². The van der Waals surface area contributed by atoms with Gasteiger partial charge >= 0.3 is 5.97 Å². The van der Waals surface area contributed by atoms with Crippen molar-refractivity contribution in [2.75, 3.05) is 0 Å². The molecule has 1 N–H and O–H groups in total. The van der Waals surface area contributed by atoms with Gasteiger partial charge in [0.2, 0.25) is 0 Å². The molecule has 3 rings (SSSR count). The molecule has 0 bridgehead atoms. The van der Waals surface area contributed by atoms with E-state index in [0.29, 0.717) is 24.8 Å². The second-order valence-corrected chi connectivity index (χ2v) is 5.05. The number of carbonyl (C=O) groups excluding carboxylic acids is 1. The van der Waals surface area contributed by atoms with E-state index >= 15 is 0 Å². The van der Waals surface area contributed by atoms with Crippen LogP contribution in [0.5, 0.6) is 0 Å². The summed E-state index contributed by atoms with van der Waals surface area (Å²) in [5.41, 5.74) is 2.47. The van der Waals surface area contributed by atoms with E-state index in [-0.39, 0.29) is 11.7 Å². The van der Waals surface area contributed by atoms with Crippen LogP contribution in [-0.2, 0) is 17.6 Å². The summed E-state index contributed by atoms with van der Waals surface area (Å²) in [7, 11) is 0. The molecule has 0 saturated carbocycles. The molecule has 98 valence electrons. The number of hydrogen-bond donors (Lipinski definition) is 1. The topological polar surface area (TPSA) is 67.5 Å². The highest BCUT2D eigenvalue weighted by Crippen LogP contribution is 2.34. The minimum atomic E-state index is -0.768. The number of Topliss-reactive ketones (excluding diaryl/α,β-unsaturated/α-hetero) is 1. The molecule has 4 nitrogen and oxygen atoms in total. The zero-order chi connectivity index (χ0) is 13.6. The Balaban J connectivity index is 2.09. The molecule has 1 aromatic heterocycles. The first kappa shape index (κ1) is 12.0. The summed E-state index contributed by atoms with van der Waals surface area (Å²) in [4.78, 5) is 22.4. The Morgan fingerprint density at radius 1 is 1.37 bits per heavy atom. The van der Waals surface area contributed by atoms with Crippen molar-refractivity contribution in [1.29, 1.82) is 0 Å². The number of fused-ring (bicyclic) bond motifs is 3. The van der Waals surface area contributed by atoms with Crippen LogP contribution in [0.15, 0.2) is 22.6 Å². The molecule has 0 aliphatic heterocycles. The maximum atomic E-state index is 11.4. The van der Waals surface area contributed by atoms with E-state index in [1.54, 1.807) is 12.1 Å². The molecule has 0 radical (unpaired) electrons. The zero-order valence-electron chi connectivity index (χ0n) is 10.6. The summed E-state index contributed by atoms with van der Waals surface area (Å²) in [5.74, 6) is -0.346. The second-order valence-electron chi connectivity index (χ2n) is 5.05. The highest BCUT2D eigenvalue weighted by molar-refractivity contribution is 5.98. The maximum Gasteiger partial charge on any atom is 0.306 e. The molecule has 0 amide bonds. The number of ketones is 1. The number of furan rings is 1. The summed E-state index contributed by atoms with van der Waals surface area (Å²) in [6, 6.07) is 5.38. The van der Waals surface area contributed by atoms with Crippen molar-refractivity contribution in [2.45, 2.75) is 26.2 Å². The number of carboxylic acids is 1. The average Bonchev–Trinajstić information content (AvgIpc) is 2.74. The lowest BCUT2D eigenvalue weighted by molar-refractivity contribution is -0.142. The predicted octanol–water partition coefficient (Wildman–Crippen LogP) is 2.82. The number of carbonyl (C=O) groups is 2. The standard InChI is InChI=1S/C15H14O4/c1-8(16)9-3-5-13-12(6-9)11-4-2-10(15(17)18)7-14(11)19-13/h3,5-6,10H,2,4,7H2,1H3,(H,17,18). The van der Waals surface area contributed by atoms with Crippen LogP contribution >= 0.6 is 0 Å². The third-order valence-corrected chi connectivity index (χ3v) is 3.80. The molecule has 1 aliphatic carbocycles. The molecule has 4 heteroatoms. The summed E-state index contributed by atoms with van der Waals surface area (Å²) in [6.45, 7) is 1.54. The highest BCUT2D eigenvalue weighted by atomic mass is 16.4. The first-order valence-electron chi connectivity index (χ1n) is 6.34. The number of aryl methyl sites for hydroxylation is 1. The van der Waals surface area contributed by atoms with Gasteiger partial charge in [-0.15, -0.1) is 0 Å². The first-order valence-corrected chi connectivity index (χ1v) is 6.34. The fourth-order valence-corrected chi connectivity index (χ4v) is 2.71. The van der Waals surface area contributed by atoms with E-state index in [1.807, 2.05) is 6.07 Å². The minimum absolute atomic E-state index is 0.0241. The van der Waals surface area contributed by atoms with Crippen molar-refractivity contribution >= 4 is 22.7 Å². The number of rotatable bonds is 2. The third-order valence-electron chi connectivity index (χ3n) is 3.80. The molecule has 2 aromatic rings. The van der Waals surface area contributed by atoms with Gasteiger partial charge in [0.25, 0.3) is 0 Å². The smallest absolute Gasteiger partial charge is 0.306 e. The van der Waals surface area contributed by atoms with Crippen LogP contribution in [0.25, 0.3) is 11.0 Å². The van der Waals surface area contributed by atoms with Crippen LogP contribution in [0.1, 0.15) is 35.0 Å². The molecular formula is C15H14O4.